The summed E-state index contributed by atoms with van der Waals surface area (Å²) < 4.78 is 46.3. The number of nitrogens with zero attached hydrogens (tertiary/aromatic N) is 9. The van der Waals surface area contributed by atoms with Crippen LogP contribution in [-0.4, -0.2) is 38.7 Å². The van der Waals surface area contributed by atoms with Gasteiger partial charge < -0.3 is 5.32 Å². The van der Waals surface area contributed by atoms with Crippen molar-refractivity contribution in [3.05, 3.63) is 91.6 Å². The lowest BCUT2D eigenvalue weighted by molar-refractivity contribution is 0.485. The van der Waals surface area contributed by atoms with Gasteiger partial charge in [0.05, 0.1) is 35.4 Å². The fraction of sp³-hybridized carbons (Fsp3) is 0.174. The Morgan fingerprint density at radius 3 is 2.51 bits per heavy atom. The Morgan fingerprint density at radius 2 is 1.79 bits per heavy atom. The van der Waals surface area contributed by atoms with E-state index in [4.69, 9.17) is 16.9 Å². The van der Waals surface area contributed by atoms with Gasteiger partial charge in [0.15, 0.2) is 17.5 Å². The average molecular weight is 557 g/mol. The molecule has 198 valence electrons. The maximum atomic E-state index is 14.5. The van der Waals surface area contributed by atoms with Crippen molar-refractivity contribution >= 4 is 34.1 Å². The molecule has 12 nitrogen and oxygen atoms in total. The van der Waals surface area contributed by atoms with Gasteiger partial charge in [-0.1, -0.05) is 11.6 Å². The highest BCUT2D eigenvalue weighted by molar-refractivity contribution is 6.34. The molecular weight excluding hydrogens is 541 g/mol. The van der Waals surface area contributed by atoms with Crippen LogP contribution in [0.2, 0.25) is 5.02 Å². The van der Waals surface area contributed by atoms with Crippen LogP contribution in [0.3, 0.4) is 0 Å². The largest absolute Gasteiger partial charge is 0.355 e. The smallest absolute Gasteiger partial charge is 0.324 e. The van der Waals surface area contributed by atoms with Crippen LogP contribution in [0.15, 0.2) is 46.4 Å². The number of aromatic nitrogens is 8. The molecule has 1 N–H and O–H groups in total. The Balaban J connectivity index is 1.63. The van der Waals surface area contributed by atoms with Crippen LogP contribution in [0, 0.1) is 28.8 Å². The Bertz CT molecular complexity index is 1900. The summed E-state index contributed by atoms with van der Waals surface area (Å²) in [6.07, 6.45) is 2.96. The molecule has 0 aliphatic heterocycles. The molecule has 16 heteroatoms. The number of rotatable bonds is 7. The highest BCUT2D eigenvalue weighted by Crippen LogP contribution is 2.29. The van der Waals surface area contributed by atoms with Gasteiger partial charge in [-0.15, -0.1) is 0 Å². The summed E-state index contributed by atoms with van der Waals surface area (Å²) in [5.41, 5.74) is -1.62. The molecule has 39 heavy (non-hydrogen) atoms. The third kappa shape index (κ3) is 5.09. The molecule has 0 bridgehead atoms. The molecule has 0 aliphatic carbocycles. The third-order valence-electron chi connectivity index (χ3n) is 5.63. The molecule has 2 aromatic carbocycles. The molecule has 0 fully saturated rings. The van der Waals surface area contributed by atoms with Crippen LogP contribution in [0.25, 0.3) is 10.9 Å². The van der Waals surface area contributed by atoms with Crippen LogP contribution in [0.5, 0.6) is 0 Å². The summed E-state index contributed by atoms with van der Waals surface area (Å²) in [4.78, 5) is 34.3. The fourth-order valence-electron chi connectivity index (χ4n) is 3.82. The van der Waals surface area contributed by atoms with Gasteiger partial charge in [0.2, 0.25) is 5.95 Å². The first-order chi connectivity index (χ1) is 18.6. The predicted molar refractivity (Wildman–Crippen MR) is 132 cm³/mol. The van der Waals surface area contributed by atoms with Gasteiger partial charge in [-0.25, -0.2) is 32.3 Å². The fourth-order valence-corrected chi connectivity index (χ4v) is 4.03. The molecule has 0 saturated carbocycles. The van der Waals surface area contributed by atoms with Crippen molar-refractivity contribution in [3.8, 4) is 6.07 Å². The van der Waals surface area contributed by atoms with Gasteiger partial charge in [-0.3, -0.25) is 13.9 Å². The number of nitriles is 1. The van der Waals surface area contributed by atoms with Crippen LogP contribution < -0.4 is 16.7 Å². The van der Waals surface area contributed by atoms with Crippen LogP contribution in [0.4, 0.5) is 24.8 Å². The molecule has 3 aromatic heterocycles. The molecule has 0 radical (unpaired) electrons. The van der Waals surface area contributed by atoms with E-state index in [-0.39, 0.29) is 41.1 Å². The lowest BCUT2D eigenvalue weighted by Crippen LogP contribution is -2.43. The minimum absolute atomic E-state index is 0.000687. The van der Waals surface area contributed by atoms with E-state index >= 15 is 0 Å². The molecular formula is C23H16ClF3N10O2. The molecule has 0 aliphatic rings. The van der Waals surface area contributed by atoms with E-state index in [1.165, 1.54) is 21.8 Å². The van der Waals surface area contributed by atoms with Crippen molar-refractivity contribution in [2.24, 2.45) is 7.05 Å². The van der Waals surface area contributed by atoms with Gasteiger partial charge >= 0.3 is 11.4 Å². The van der Waals surface area contributed by atoms with Crippen LogP contribution in [0.1, 0.15) is 11.4 Å². The Labute approximate surface area is 221 Å². The zero-order chi connectivity index (χ0) is 27.8. The van der Waals surface area contributed by atoms with E-state index in [0.717, 1.165) is 9.13 Å². The highest BCUT2D eigenvalue weighted by atomic mass is 35.5. The van der Waals surface area contributed by atoms with Crippen molar-refractivity contribution in [2.75, 3.05) is 5.32 Å². The minimum Gasteiger partial charge on any atom is -0.324 e. The number of benzene rings is 2. The van der Waals surface area contributed by atoms with Crippen molar-refractivity contribution in [3.63, 3.8) is 0 Å². The molecule has 0 saturated heterocycles. The number of fused-ring (bicyclic) bond motifs is 1. The lowest BCUT2D eigenvalue weighted by atomic mass is 10.2. The van der Waals surface area contributed by atoms with Crippen LogP contribution >= 0.6 is 11.6 Å². The number of anilines is 2. The van der Waals surface area contributed by atoms with E-state index in [1.807, 2.05) is 6.07 Å². The van der Waals surface area contributed by atoms with E-state index < -0.39 is 35.4 Å². The molecule has 0 spiro atoms. The SMILES string of the molecule is Cn1cnc(Cn2c(=O)nc(Nc3cc4cn(CC#N)nc4cc3Cl)n(Cc3cc(F)c(F)cc3F)c2=O)n1. The Hall–Kier alpha value is -4.97. The zero-order valence-corrected chi connectivity index (χ0v) is 20.7. The summed E-state index contributed by atoms with van der Waals surface area (Å²) in [5, 5.41) is 20.7. The van der Waals surface area contributed by atoms with Gasteiger partial charge in [-0.05, 0) is 18.2 Å². The lowest BCUT2D eigenvalue weighted by Gasteiger charge is -2.16. The number of hydrogen-bond donors (Lipinski definition) is 1. The summed E-state index contributed by atoms with van der Waals surface area (Å²) in [6, 6.07) is 5.98. The first-order valence-corrected chi connectivity index (χ1v) is 11.5. The van der Waals surface area contributed by atoms with Gasteiger partial charge in [-0.2, -0.15) is 20.4 Å². The maximum Gasteiger partial charge on any atom is 0.355 e. The first kappa shape index (κ1) is 25.7. The average Bonchev–Trinajstić information content (AvgIpc) is 3.47. The summed E-state index contributed by atoms with van der Waals surface area (Å²) in [6.45, 7) is -0.969. The second-order valence-corrected chi connectivity index (χ2v) is 8.77. The minimum atomic E-state index is -1.40. The number of hydrogen-bond acceptors (Lipinski definition) is 8. The quantitative estimate of drug-likeness (QED) is 0.301. The maximum absolute atomic E-state index is 14.5. The molecule has 0 atom stereocenters. The van der Waals surface area contributed by atoms with Gasteiger partial charge in [0.1, 0.15) is 18.7 Å². The predicted octanol–water partition coefficient (Wildman–Crippen LogP) is 2.32. The van der Waals surface area contributed by atoms with Crippen molar-refractivity contribution in [1.82, 2.24) is 38.7 Å². The normalized spacial score (nSPS) is 11.2. The monoisotopic (exact) mass is 556 g/mol. The number of nitrogens with one attached hydrogen (secondary N) is 1. The second-order valence-electron chi connectivity index (χ2n) is 8.37. The Morgan fingerprint density at radius 1 is 1.03 bits per heavy atom. The summed E-state index contributed by atoms with van der Waals surface area (Å²) in [7, 11) is 1.60. The van der Waals surface area contributed by atoms with E-state index in [0.29, 0.717) is 23.0 Å². The third-order valence-corrected chi connectivity index (χ3v) is 5.95. The van der Waals surface area contributed by atoms with Crippen molar-refractivity contribution in [2.45, 2.75) is 19.6 Å². The van der Waals surface area contributed by atoms with E-state index in [2.05, 4.69) is 25.5 Å². The van der Waals surface area contributed by atoms with E-state index in [9.17, 15) is 22.8 Å². The number of aryl methyl sites for hydroxylation is 1. The van der Waals surface area contributed by atoms with Crippen LogP contribution in [-0.2, 0) is 26.7 Å². The molecule has 0 amide bonds. The Kier molecular flexibility index (Phi) is 6.62. The first-order valence-electron chi connectivity index (χ1n) is 11.1. The second kappa shape index (κ2) is 10.1. The van der Waals surface area contributed by atoms with Crippen molar-refractivity contribution in [1.29, 1.82) is 5.26 Å². The van der Waals surface area contributed by atoms with Gasteiger partial charge in [0, 0.05) is 30.3 Å². The molecule has 0 unspecified atom stereocenters. The number of halogens is 4. The molecule has 5 rings (SSSR count). The summed E-state index contributed by atoms with van der Waals surface area (Å²) in [5.74, 6) is -4.04. The highest BCUT2D eigenvalue weighted by Gasteiger charge is 2.19. The zero-order valence-electron chi connectivity index (χ0n) is 19.9. The topological polar surface area (TPSA) is 141 Å². The molecule has 5 aromatic rings. The standard InChI is InChI=1S/C23H16ClF3N10O2/c1-34-11-29-20(33-34)10-37-22(38)31-21(36(23(37)39)9-12-4-16(26)17(27)7-15(12)25)30-19-5-13-8-35(3-2-28)32-18(13)6-14(19)24/h4-8,11H,3,9-10H2,1H3,(H,30,31,38). The molecule has 3 heterocycles. The van der Waals surface area contributed by atoms with Crippen molar-refractivity contribution < 1.29 is 13.2 Å². The van der Waals surface area contributed by atoms with Gasteiger partial charge in [0.25, 0.3) is 0 Å². The summed E-state index contributed by atoms with van der Waals surface area (Å²) >= 11 is 6.39. The van der Waals surface area contributed by atoms with E-state index in [1.54, 1.807) is 19.3 Å².